The molecular formula is C12H20ClNO. The van der Waals surface area contributed by atoms with Gasteiger partial charge in [-0.2, -0.15) is 0 Å². The Labute approximate surface area is 97.0 Å². The summed E-state index contributed by atoms with van der Waals surface area (Å²) >= 11 is 5.85. The van der Waals surface area contributed by atoms with Gasteiger partial charge < -0.3 is 4.90 Å². The second-order valence-electron chi connectivity index (χ2n) is 5.19. The predicted molar refractivity (Wildman–Crippen MR) is 62.0 cm³/mol. The lowest BCUT2D eigenvalue weighted by Crippen LogP contribution is -2.55. The van der Waals surface area contributed by atoms with Gasteiger partial charge in [-0.25, -0.2) is 0 Å². The number of carbonyl (C=O) groups is 1. The SMILES string of the molecule is CC(Cl)C(=O)N(C)C1CCC12CCCC2. The van der Waals surface area contributed by atoms with Gasteiger partial charge >= 0.3 is 0 Å². The molecule has 0 bridgehead atoms. The first-order chi connectivity index (χ1) is 7.07. The van der Waals surface area contributed by atoms with Crippen molar-refractivity contribution in [1.29, 1.82) is 0 Å². The van der Waals surface area contributed by atoms with E-state index in [-0.39, 0.29) is 11.3 Å². The minimum absolute atomic E-state index is 0.0904. The van der Waals surface area contributed by atoms with Gasteiger partial charge in [-0.05, 0) is 38.0 Å². The summed E-state index contributed by atoms with van der Waals surface area (Å²) in [7, 11) is 1.92. The number of carbonyl (C=O) groups excluding carboxylic acids is 1. The van der Waals surface area contributed by atoms with Crippen molar-refractivity contribution < 1.29 is 4.79 Å². The Morgan fingerprint density at radius 3 is 2.40 bits per heavy atom. The second-order valence-corrected chi connectivity index (χ2v) is 5.84. The van der Waals surface area contributed by atoms with Crippen molar-refractivity contribution in [3.8, 4) is 0 Å². The molecule has 0 radical (unpaired) electrons. The number of alkyl halides is 1. The molecule has 0 aliphatic heterocycles. The van der Waals surface area contributed by atoms with Crippen LogP contribution in [0.15, 0.2) is 0 Å². The van der Waals surface area contributed by atoms with Crippen LogP contribution in [-0.2, 0) is 4.79 Å². The van der Waals surface area contributed by atoms with E-state index in [1.807, 2.05) is 11.9 Å². The average molecular weight is 230 g/mol. The molecule has 2 unspecified atom stereocenters. The molecule has 0 aromatic rings. The van der Waals surface area contributed by atoms with Crippen molar-refractivity contribution in [2.75, 3.05) is 7.05 Å². The van der Waals surface area contributed by atoms with Gasteiger partial charge in [0.15, 0.2) is 0 Å². The molecule has 2 rings (SSSR count). The highest BCUT2D eigenvalue weighted by Crippen LogP contribution is 2.55. The van der Waals surface area contributed by atoms with E-state index in [1.165, 1.54) is 38.5 Å². The van der Waals surface area contributed by atoms with Gasteiger partial charge in [-0.1, -0.05) is 12.8 Å². The summed E-state index contributed by atoms with van der Waals surface area (Å²) in [6.45, 7) is 1.76. The van der Waals surface area contributed by atoms with Crippen molar-refractivity contribution in [2.45, 2.75) is 56.9 Å². The fraction of sp³-hybridized carbons (Fsp3) is 0.917. The van der Waals surface area contributed by atoms with Crippen LogP contribution in [0.25, 0.3) is 0 Å². The first-order valence-corrected chi connectivity index (χ1v) is 6.41. The van der Waals surface area contributed by atoms with E-state index in [9.17, 15) is 4.79 Å². The number of halogens is 1. The summed E-state index contributed by atoms with van der Waals surface area (Å²) in [5.41, 5.74) is 0.468. The number of hydrogen-bond donors (Lipinski definition) is 0. The molecule has 2 saturated carbocycles. The molecule has 0 aromatic heterocycles. The van der Waals surface area contributed by atoms with Gasteiger partial charge in [0.25, 0.3) is 0 Å². The molecule has 15 heavy (non-hydrogen) atoms. The van der Waals surface area contributed by atoms with Gasteiger partial charge in [0, 0.05) is 13.1 Å². The maximum atomic E-state index is 11.8. The van der Waals surface area contributed by atoms with E-state index in [1.54, 1.807) is 6.92 Å². The zero-order chi connectivity index (χ0) is 11.1. The van der Waals surface area contributed by atoms with Crippen molar-refractivity contribution in [3.05, 3.63) is 0 Å². The molecule has 2 aliphatic carbocycles. The highest BCUT2D eigenvalue weighted by Gasteiger charge is 2.50. The molecule has 3 heteroatoms. The van der Waals surface area contributed by atoms with E-state index < -0.39 is 0 Å². The van der Waals surface area contributed by atoms with Crippen LogP contribution in [0.5, 0.6) is 0 Å². The van der Waals surface area contributed by atoms with E-state index in [2.05, 4.69) is 0 Å². The third-order valence-electron chi connectivity index (χ3n) is 4.38. The van der Waals surface area contributed by atoms with Crippen molar-refractivity contribution in [2.24, 2.45) is 5.41 Å². The summed E-state index contributed by atoms with van der Waals surface area (Å²) in [4.78, 5) is 13.7. The third-order valence-corrected chi connectivity index (χ3v) is 4.56. The van der Waals surface area contributed by atoms with E-state index in [0.717, 1.165) is 0 Å². The van der Waals surface area contributed by atoms with Crippen LogP contribution in [0.4, 0.5) is 0 Å². The Morgan fingerprint density at radius 2 is 2.00 bits per heavy atom. The lowest BCUT2D eigenvalue weighted by Gasteiger charge is -2.51. The Hall–Kier alpha value is -0.240. The minimum Gasteiger partial charge on any atom is -0.341 e. The zero-order valence-corrected chi connectivity index (χ0v) is 10.4. The monoisotopic (exact) mass is 229 g/mol. The van der Waals surface area contributed by atoms with Gasteiger partial charge in [0.1, 0.15) is 5.38 Å². The number of hydrogen-bond acceptors (Lipinski definition) is 1. The molecule has 2 fully saturated rings. The van der Waals surface area contributed by atoms with Crippen LogP contribution in [0.3, 0.4) is 0 Å². The average Bonchev–Trinajstić information content (AvgIpc) is 2.65. The largest absolute Gasteiger partial charge is 0.341 e. The molecule has 86 valence electrons. The second kappa shape index (κ2) is 3.97. The number of nitrogens with zero attached hydrogens (tertiary/aromatic N) is 1. The van der Waals surface area contributed by atoms with E-state index in [4.69, 9.17) is 11.6 Å². The Kier molecular flexibility index (Phi) is 2.98. The lowest BCUT2D eigenvalue weighted by molar-refractivity contribution is -0.138. The van der Waals surface area contributed by atoms with Gasteiger partial charge in [-0.3, -0.25) is 4.79 Å². The molecule has 1 amide bonds. The van der Waals surface area contributed by atoms with E-state index >= 15 is 0 Å². The molecule has 0 heterocycles. The molecule has 2 atom stereocenters. The Balaban J connectivity index is 2.02. The van der Waals surface area contributed by atoms with Gasteiger partial charge in [0.2, 0.25) is 5.91 Å². The summed E-state index contributed by atoms with van der Waals surface area (Å²) < 4.78 is 0. The topological polar surface area (TPSA) is 20.3 Å². The molecule has 2 aliphatic rings. The zero-order valence-electron chi connectivity index (χ0n) is 9.63. The summed E-state index contributed by atoms with van der Waals surface area (Å²) in [5.74, 6) is 0.0904. The fourth-order valence-corrected chi connectivity index (χ4v) is 3.54. The highest BCUT2D eigenvalue weighted by molar-refractivity contribution is 6.30. The van der Waals surface area contributed by atoms with Crippen LogP contribution in [0.1, 0.15) is 45.4 Å². The molecule has 0 aromatic carbocycles. The standard InChI is InChI=1S/C12H20ClNO/c1-9(13)11(15)14(2)10-5-8-12(10)6-3-4-7-12/h9-10H,3-8H2,1-2H3. The molecule has 2 nitrogen and oxygen atoms in total. The summed E-state index contributed by atoms with van der Waals surface area (Å²) in [6, 6.07) is 0.466. The number of rotatable bonds is 2. The maximum absolute atomic E-state index is 11.8. The van der Waals surface area contributed by atoms with Crippen LogP contribution < -0.4 is 0 Å². The third kappa shape index (κ3) is 1.77. The van der Waals surface area contributed by atoms with Crippen molar-refractivity contribution >= 4 is 17.5 Å². The quantitative estimate of drug-likeness (QED) is 0.667. The Bertz CT molecular complexity index is 258. The predicted octanol–water partition coefficient (Wildman–Crippen LogP) is 2.79. The van der Waals surface area contributed by atoms with Crippen molar-refractivity contribution in [1.82, 2.24) is 4.90 Å². The molecule has 1 spiro atoms. The van der Waals surface area contributed by atoms with E-state index in [0.29, 0.717) is 11.5 Å². The van der Waals surface area contributed by atoms with Crippen LogP contribution in [0.2, 0.25) is 0 Å². The minimum atomic E-state index is -0.381. The summed E-state index contributed by atoms with van der Waals surface area (Å²) in [5, 5.41) is -0.381. The fourth-order valence-electron chi connectivity index (χ4n) is 3.38. The van der Waals surface area contributed by atoms with Gasteiger partial charge in [-0.15, -0.1) is 11.6 Å². The first-order valence-electron chi connectivity index (χ1n) is 5.97. The highest BCUT2D eigenvalue weighted by atomic mass is 35.5. The maximum Gasteiger partial charge on any atom is 0.240 e. The van der Waals surface area contributed by atoms with Gasteiger partial charge in [0.05, 0.1) is 0 Å². The normalized spacial score (nSPS) is 29.9. The smallest absolute Gasteiger partial charge is 0.240 e. The lowest BCUT2D eigenvalue weighted by atomic mass is 9.62. The van der Waals surface area contributed by atoms with Crippen LogP contribution in [0, 0.1) is 5.41 Å². The molecular weight excluding hydrogens is 210 g/mol. The molecule has 0 N–H and O–H groups in total. The van der Waals surface area contributed by atoms with Crippen LogP contribution in [-0.4, -0.2) is 29.3 Å². The number of amides is 1. The van der Waals surface area contributed by atoms with Crippen molar-refractivity contribution in [3.63, 3.8) is 0 Å². The summed E-state index contributed by atoms with van der Waals surface area (Å²) in [6.07, 6.45) is 7.79. The molecule has 0 saturated heterocycles. The first kappa shape index (κ1) is 11.3. The van der Waals surface area contributed by atoms with Crippen LogP contribution >= 0.6 is 11.6 Å². The Morgan fingerprint density at radius 1 is 1.40 bits per heavy atom.